The zero-order chi connectivity index (χ0) is 10.4. The molecule has 0 saturated heterocycles. The summed E-state index contributed by atoms with van der Waals surface area (Å²) in [5.41, 5.74) is 0.881. The summed E-state index contributed by atoms with van der Waals surface area (Å²) in [5, 5.41) is 0. The molecule has 0 bridgehead atoms. The van der Waals surface area contributed by atoms with Gasteiger partial charge in [-0.2, -0.15) is 0 Å². The number of hydrogen-bond acceptors (Lipinski definition) is 0. The van der Waals surface area contributed by atoms with Crippen LogP contribution in [0.3, 0.4) is 0 Å². The van der Waals surface area contributed by atoms with Crippen molar-refractivity contribution < 1.29 is 12.9 Å². The lowest BCUT2D eigenvalue weighted by molar-refractivity contribution is 0.498. The summed E-state index contributed by atoms with van der Waals surface area (Å²) >= 11 is 0. The lowest BCUT2D eigenvalue weighted by atomic mass is 9.92. The Morgan fingerprint density at radius 1 is 0.929 bits per heavy atom. The van der Waals surface area contributed by atoms with Crippen molar-refractivity contribution in [2.45, 2.75) is 0 Å². The Hall–Kier alpha value is -1.45. The molecule has 0 atom stereocenters. The molecular weight excluding hydrogens is 188 g/mol. The number of benzene rings is 1. The van der Waals surface area contributed by atoms with Crippen molar-refractivity contribution in [3.63, 3.8) is 0 Å². The SMILES string of the molecule is F[B-](F)(F)/C=C/C=C/c1ccccc1. The Morgan fingerprint density at radius 2 is 1.57 bits per heavy atom. The van der Waals surface area contributed by atoms with E-state index in [4.69, 9.17) is 0 Å². The molecule has 14 heavy (non-hydrogen) atoms. The Balaban J connectivity index is 2.54. The van der Waals surface area contributed by atoms with Crippen LogP contribution in [0.5, 0.6) is 0 Å². The molecule has 0 amide bonds. The van der Waals surface area contributed by atoms with E-state index in [2.05, 4.69) is 0 Å². The number of allylic oxidation sites excluding steroid dienone is 2. The summed E-state index contributed by atoms with van der Waals surface area (Å²) in [6.07, 6.45) is 4.01. The molecule has 0 unspecified atom stereocenters. The quantitative estimate of drug-likeness (QED) is 0.512. The summed E-state index contributed by atoms with van der Waals surface area (Å²) in [6, 6.07) is 9.16. The average molecular weight is 197 g/mol. The molecule has 1 rings (SSSR count). The van der Waals surface area contributed by atoms with E-state index in [0.29, 0.717) is 0 Å². The van der Waals surface area contributed by atoms with E-state index in [1.165, 1.54) is 6.08 Å². The maximum atomic E-state index is 11.7. The largest absolute Gasteiger partial charge is 0.502 e. The van der Waals surface area contributed by atoms with E-state index < -0.39 is 6.98 Å². The molecule has 0 radical (unpaired) electrons. The average Bonchev–Trinajstić information content (AvgIpc) is 2.13. The lowest BCUT2D eigenvalue weighted by Gasteiger charge is -2.04. The van der Waals surface area contributed by atoms with Gasteiger partial charge in [0.15, 0.2) is 0 Å². The molecular formula is C10H9BF3-. The minimum Gasteiger partial charge on any atom is -0.445 e. The van der Waals surface area contributed by atoms with Gasteiger partial charge in [0.2, 0.25) is 0 Å². The Kier molecular flexibility index (Phi) is 3.57. The summed E-state index contributed by atoms with van der Waals surface area (Å²) in [6.45, 7) is -4.82. The molecule has 0 saturated carbocycles. The van der Waals surface area contributed by atoms with Crippen molar-refractivity contribution in [3.05, 3.63) is 54.0 Å². The molecule has 1 aromatic carbocycles. The second-order valence-electron chi connectivity index (χ2n) is 2.78. The summed E-state index contributed by atoms with van der Waals surface area (Å²) in [7, 11) is 0. The third kappa shape index (κ3) is 4.55. The monoisotopic (exact) mass is 197 g/mol. The van der Waals surface area contributed by atoms with Crippen LogP contribution in [0.25, 0.3) is 6.08 Å². The fraction of sp³-hybridized carbons (Fsp3) is 0. The van der Waals surface area contributed by atoms with E-state index in [1.54, 1.807) is 6.08 Å². The van der Waals surface area contributed by atoms with Crippen LogP contribution < -0.4 is 0 Å². The van der Waals surface area contributed by atoms with E-state index in [1.807, 2.05) is 30.3 Å². The van der Waals surface area contributed by atoms with Crippen molar-refractivity contribution >= 4 is 13.1 Å². The first-order chi connectivity index (χ1) is 6.58. The van der Waals surface area contributed by atoms with Gasteiger partial charge >= 0.3 is 6.98 Å². The van der Waals surface area contributed by atoms with Gasteiger partial charge in [-0.25, -0.2) is 0 Å². The van der Waals surface area contributed by atoms with Gasteiger partial charge in [0.05, 0.1) is 0 Å². The van der Waals surface area contributed by atoms with Gasteiger partial charge in [-0.3, -0.25) is 0 Å². The smallest absolute Gasteiger partial charge is 0.445 e. The maximum absolute atomic E-state index is 11.7. The van der Waals surface area contributed by atoms with Crippen molar-refractivity contribution in [2.75, 3.05) is 0 Å². The summed E-state index contributed by atoms with van der Waals surface area (Å²) in [4.78, 5) is 0. The number of rotatable bonds is 3. The van der Waals surface area contributed by atoms with Gasteiger partial charge in [0, 0.05) is 0 Å². The molecule has 1 aromatic rings. The minimum absolute atomic E-state index is 0.263. The third-order valence-electron chi connectivity index (χ3n) is 1.53. The van der Waals surface area contributed by atoms with Crippen LogP contribution in [0.2, 0.25) is 0 Å². The molecule has 0 N–H and O–H groups in total. The van der Waals surface area contributed by atoms with Crippen LogP contribution in [0.4, 0.5) is 12.9 Å². The molecule has 0 heterocycles. The molecule has 74 valence electrons. The van der Waals surface area contributed by atoms with Gasteiger partial charge < -0.3 is 12.9 Å². The molecule has 0 nitrogen and oxygen atoms in total. The molecule has 4 heteroatoms. The first kappa shape index (κ1) is 10.6. The molecule has 0 spiro atoms. The number of halogens is 3. The predicted molar refractivity (Wildman–Crippen MR) is 53.7 cm³/mol. The van der Waals surface area contributed by atoms with Gasteiger partial charge in [0.1, 0.15) is 0 Å². The predicted octanol–water partition coefficient (Wildman–Crippen LogP) is 3.64. The first-order valence-electron chi connectivity index (χ1n) is 4.19. The van der Waals surface area contributed by atoms with Gasteiger partial charge in [0.25, 0.3) is 0 Å². The second kappa shape index (κ2) is 4.70. The highest BCUT2D eigenvalue weighted by atomic mass is 19.4. The van der Waals surface area contributed by atoms with Crippen LogP contribution in [0.15, 0.2) is 48.5 Å². The topological polar surface area (TPSA) is 0 Å². The Bertz CT molecular complexity index is 325. The van der Waals surface area contributed by atoms with Crippen LogP contribution in [0, 0.1) is 0 Å². The highest BCUT2D eigenvalue weighted by Gasteiger charge is 2.16. The highest BCUT2D eigenvalue weighted by molar-refractivity contribution is 6.64. The zero-order valence-corrected chi connectivity index (χ0v) is 7.41. The molecule has 0 aliphatic rings. The highest BCUT2D eigenvalue weighted by Crippen LogP contribution is 2.09. The minimum atomic E-state index is -4.82. The van der Waals surface area contributed by atoms with E-state index >= 15 is 0 Å². The van der Waals surface area contributed by atoms with Crippen LogP contribution in [-0.2, 0) is 0 Å². The van der Waals surface area contributed by atoms with Crippen molar-refractivity contribution in [2.24, 2.45) is 0 Å². The van der Waals surface area contributed by atoms with Crippen molar-refractivity contribution in [1.29, 1.82) is 0 Å². The van der Waals surface area contributed by atoms with Gasteiger partial charge in [-0.1, -0.05) is 48.6 Å². The Labute approximate surface area is 80.8 Å². The van der Waals surface area contributed by atoms with Crippen LogP contribution >= 0.6 is 0 Å². The van der Waals surface area contributed by atoms with Gasteiger partial charge in [-0.15, -0.1) is 5.98 Å². The molecule has 0 aliphatic heterocycles. The fourth-order valence-electron chi connectivity index (χ4n) is 0.921. The second-order valence-corrected chi connectivity index (χ2v) is 2.78. The van der Waals surface area contributed by atoms with Gasteiger partial charge in [-0.05, 0) is 5.56 Å². The fourth-order valence-corrected chi connectivity index (χ4v) is 0.921. The Morgan fingerprint density at radius 3 is 2.14 bits per heavy atom. The van der Waals surface area contributed by atoms with Crippen molar-refractivity contribution in [1.82, 2.24) is 0 Å². The van der Waals surface area contributed by atoms with Crippen LogP contribution in [-0.4, -0.2) is 6.98 Å². The third-order valence-corrected chi connectivity index (χ3v) is 1.53. The zero-order valence-electron chi connectivity index (χ0n) is 7.41. The summed E-state index contributed by atoms with van der Waals surface area (Å²) in [5.74, 6) is 0.263. The van der Waals surface area contributed by atoms with E-state index in [-0.39, 0.29) is 5.98 Å². The maximum Gasteiger partial charge on any atom is 0.502 e. The molecule has 0 aliphatic carbocycles. The van der Waals surface area contributed by atoms with E-state index in [0.717, 1.165) is 11.6 Å². The van der Waals surface area contributed by atoms with E-state index in [9.17, 15) is 12.9 Å². The summed E-state index contributed by atoms with van der Waals surface area (Å²) < 4.78 is 35.2. The first-order valence-corrected chi connectivity index (χ1v) is 4.19. The number of hydrogen-bond donors (Lipinski definition) is 0. The van der Waals surface area contributed by atoms with Crippen LogP contribution in [0.1, 0.15) is 5.56 Å². The standard InChI is InChI=1S/C10H9BF3/c12-11(13,14)9-5-4-8-10-6-2-1-3-7-10/h1-9H/q-1/b8-4+,9-5+. The molecule has 0 aromatic heterocycles. The molecule has 0 fully saturated rings. The van der Waals surface area contributed by atoms with Crippen molar-refractivity contribution in [3.8, 4) is 0 Å². The normalized spacial score (nSPS) is 12.8. The lowest BCUT2D eigenvalue weighted by Crippen LogP contribution is -2.09.